The lowest BCUT2D eigenvalue weighted by Crippen LogP contribution is -2.28. The summed E-state index contributed by atoms with van der Waals surface area (Å²) in [4.78, 5) is 19.6. The first-order valence-electron chi connectivity index (χ1n) is 10.2. The van der Waals surface area contributed by atoms with Crippen LogP contribution in [-0.4, -0.2) is 16.0 Å². The van der Waals surface area contributed by atoms with Gasteiger partial charge in [0.25, 0.3) is 0 Å². The molecule has 4 nitrogen and oxygen atoms in total. The number of carbonyl (C=O) groups is 1. The van der Waals surface area contributed by atoms with Gasteiger partial charge in [0.15, 0.2) is 0 Å². The summed E-state index contributed by atoms with van der Waals surface area (Å²) in [7, 11) is 0. The molecule has 0 spiro atoms. The second-order valence-electron chi connectivity index (χ2n) is 8.18. The maximum atomic E-state index is 13.2. The molecule has 0 saturated heterocycles. The molecule has 2 aromatic rings. The lowest BCUT2D eigenvalue weighted by molar-refractivity contribution is -0.112. The lowest BCUT2D eigenvalue weighted by Gasteiger charge is -2.25. The van der Waals surface area contributed by atoms with Crippen molar-refractivity contribution in [2.24, 2.45) is 0 Å². The minimum Gasteiger partial charge on any atom is -0.384 e. The summed E-state index contributed by atoms with van der Waals surface area (Å²) in [5.41, 5.74) is 3.78. The van der Waals surface area contributed by atoms with Crippen molar-refractivity contribution in [3.63, 3.8) is 0 Å². The highest BCUT2D eigenvalue weighted by Crippen LogP contribution is 2.47. The van der Waals surface area contributed by atoms with Crippen molar-refractivity contribution in [3.8, 4) is 11.8 Å². The van der Waals surface area contributed by atoms with Gasteiger partial charge in [-0.1, -0.05) is 34.8 Å². The van der Waals surface area contributed by atoms with E-state index in [1.54, 1.807) is 11.8 Å². The Morgan fingerprint density at radius 1 is 1.38 bits per heavy atom. The molecule has 0 unspecified atom stereocenters. The second-order valence-corrected chi connectivity index (χ2v) is 9.04. The van der Waals surface area contributed by atoms with Gasteiger partial charge in [-0.15, -0.1) is 0 Å². The van der Waals surface area contributed by atoms with Crippen LogP contribution in [0.1, 0.15) is 67.8 Å². The number of pyridine rings is 1. The number of benzene rings is 1. The average molecular weight is 453 g/mol. The molecule has 1 fully saturated rings. The minimum atomic E-state index is -0.968. The first-order chi connectivity index (χ1) is 13.8. The van der Waals surface area contributed by atoms with Crippen molar-refractivity contribution in [3.05, 3.63) is 51.1 Å². The van der Waals surface area contributed by atoms with Crippen LogP contribution < -0.4 is 4.90 Å². The molecule has 1 saturated carbocycles. The van der Waals surface area contributed by atoms with Gasteiger partial charge in [0.1, 0.15) is 11.4 Å². The van der Waals surface area contributed by atoms with E-state index in [0.717, 1.165) is 46.1 Å². The number of nitrogens with zero attached hydrogens (tertiary/aromatic N) is 2. The Kier molecular flexibility index (Phi) is 5.27. The number of aliphatic hydroxyl groups is 1. The van der Waals surface area contributed by atoms with Crippen LogP contribution in [0, 0.1) is 18.8 Å². The number of carbonyl (C=O) groups excluding carboxylic acids is 1. The largest absolute Gasteiger partial charge is 0.384 e. The summed E-state index contributed by atoms with van der Waals surface area (Å²) in [6, 6.07) is 8.02. The maximum Gasteiger partial charge on any atom is 0.308 e. The van der Waals surface area contributed by atoms with Gasteiger partial charge in [0, 0.05) is 10.9 Å². The second kappa shape index (κ2) is 7.59. The number of hydrogen-bond acceptors (Lipinski definition) is 3. The summed E-state index contributed by atoms with van der Waals surface area (Å²) in [6.45, 7) is 5.73. The van der Waals surface area contributed by atoms with E-state index in [1.165, 1.54) is 0 Å². The van der Waals surface area contributed by atoms with Gasteiger partial charge >= 0.3 is 5.91 Å². The Labute approximate surface area is 180 Å². The molecule has 1 N–H and O–H groups in total. The molecular weight excluding hydrogens is 428 g/mol. The molecule has 1 amide bonds. The topological polar surface area (TPSA) is 53.4 Å². The number of aryl methyl sites for hydroxylation is 2. The molecule has 0 radical (unpaired) electrons. The van der Waals surface area contributed by atoms with Crippen LogP contribution >= 0.6 is 15.9 Å². The molecule has 1 aromatic carbocycles. The van der Waals surface area contributed by atoms with Crippen molar-refractivity contribution < 1.29 is 9.90 Å². The first kappa shape index (κ1) is 20.1. The molecule has 2 aliphatic carbocycles. The highest BCUT2D eigenvalue weighted by Gasteiger charge is 2.36. The molecule has 1 atom stereocenters. The fourth-order valence-corrected chi connectivity index (χ4v) is 4.28. The molecule has 0 bridgehead atoms. The number of aromatic nitrogens is 1. The lowest BCUT2D eigenvalue weighted by atomic mass is 10.0. The van der Waals surface area contributed by atoms with Gasteiger partial charge in [-0.25, -0.2) is 4.98 Å². The van der Waals surface area contributed by atoms with Crippen LogP contribution in [0.25, 0.3) is 0 Å². The molecule has 29 heavy (non-hydrogen) atoms. The van der Waals surface area contributed by atoms with Crippen LogP contribution in [0.3, 0.4) is 0 Å². The normalized spacial score (nSPS) is 20.0. The Morgan fingerprint density at radius 3 is 2.83 bits per heavy atom. The van der Waals surface area contributed by atoms with Gasteiger partial charge in [-0.05, 0) is 86.3 Å². The summed E-state index contributed by atoms with van der Waals surface area (Å²) in [6.07, 6.45) is 4.30. The molecular formula is C24H25BrN2O2. The predicted molar refractivity (Wildman–Crippen MR) is 118 cm³/mol. The Hall–Kier alpha value is -2.16. The van der Waals surface area contributed by atoms with E-state index in [4.69, 9.17) is 4.98 Å². The minimum absolute atomic E-state index is 0.291. The maximum absolute atomic E-state index is 13.2. The zero-order chi connectivity index (χ0) is 20.8. The molecule has 1 aromatic heterocycles. The highest BCUT2D eigenvalue weighted by molar-refractivity contribution is 9.10. The number of hydrogen-bond donors (Lipinski definition) is 1. The summed E-state index contributed by atoms with van der Waals surface area (Å²) in [5.74, 6) is 6.34. The smallest absolute Gasteiger partial charge is 0.308 e. The molecule has 2 aliphatic rings. The van der Waals surface area contributed by atoms with E-state index in [-0.39, 0.29) is 5.91 Å². The van der Waals surface area contributed by atoms with Crippen LogP contribution in [0.15, 0.2) is 28.7 Å². The average Bonchev–Trinajstić information content (AvgIpc) is 3.48. The summed E-state index contributed by atoms with van der Waals surface area (Å²) in [5, 5.41) is 10.7. The van der Waals surface area contributed by atoms with Gasteiger partial charge < -0.3 is 5.11 Å². The molecule has 1 heterocycles. The van der Waals surface area contributed by atoms with E-state index >= 15 is 0 Å². The standard InChI is InChI=1S/C24H25BrN2O2/c1-4-5-6-22(28)27(20-13-15(2)19(25)14-18(20)16-7-8-16)21-10-9-17-11-12-24(3,29)23(17)26-21/h9-10,13-14,16,29H,4,7-8,11-12H2,1-3H3/t24-/m1/s1. The van der Waals surface area contributed by atoms with E-state index in [9.17, 15) is 9.90 Å². The predicted octanol–water partition coefficient (Wildman–Crippen LogP) is 5.26. The Bertz CT molecular complexity index is 1040. The molecule has 150 valence electrons. The monoisotopic (exact) mass is 452 g/mol. The first-order valence-corrected chi connectivity index (χ1v) is 11.0. The van der Waals surface area contributed by atoms with Gasteiger partial charge in [0.05, 0.1) is 11.4 Å². The third-order valence-corrected chi connectivity index (χ3v) is 6.58. The molecule has 4 rings (SSSR count). The van der Waals surface area contributed by atoms with Crippen LogP contribution in [0.5, 0.6) is 0 Å². The van der Waals surface area contributed by atoms with Crippen molar-refractivity contribution in [2.45, 2.75) is 64.4 Å². The van der Waals surface area contributed by atoms with Gasteiger partial charge in [-0.3, -0.25) is 9.69 Å². The third kappa shape index (κ3) is 3.84. The molecule has 5 heteroatoms. The Morgan fingerprint density at radius 2 is 2.14 bits per heavy atom. The zero-order valence-electron chi connectivity index (χ0n) is 17.1. The fourth-order valence-electron chi connectivity index (χ4n) is 3.92. The molecule has 0 aliphatic heterocycles. The number of fused-ring (bicyclic) bond motifs is 1. The number of amides is 1. The summed E-state index contributed by atoms with van der Waals surface area (Å²) < 4.78 is 1.04. The van der Waals surface area contributed by atoms with E-state index in [1.807, 2.05) is 32.0 Å². The highest BCUT2D eigenvalue weighted by atomic mass is 79.9. The van der Waals surface area contributed by atoms with Crippen LogP contribution in [-0.2, 0) is 16.8 Å². The van der Waals surface area contributed by atoms with Crippen LogP contribution in [0.4, 0.5) is 11.5 Å². The van der Waals surface area contributed by atoms with Gasteiger partial charge in [-0.2, -0.15) is 0 Å². The number of rotatable bonds is 3. The van der Waals surface area contributed by atoms with E-state index in [2.05, 4.69) is 33.8 Å². The summed E-state index contributed by atoms with van der Waals surface area (Å²) >= 11 is 3.64. The van der Waals surface area contributed by atoms with E-state index in [0.29, 0.717) is 30.3 Å². The van der Waals surface area contributed by atoms with Crippen molar-refractivity contribution in [2.75, 3.05) is 4.90 Å². The number of halogens is 1. The van der Waals surface area contributed by atoms with Crippen molar-refractivity contribution in [1.29, 1.82) is 0 Å². The SMILES string of the molecule is CCC#CC(=O)N(c1ccc2c(n1)[C@](C)(O)CC2)c1cc(C)c(Br)cc1C1CC1. The van der Waals surface area contributed by atoms with Gasteiger partial charge in [0.2, 0.25) is 0 Å². The van der Waals surface area contributed by atoms with Crippen LogP contribution in [0.2, 0.25) is 0 Å². The Balaban J connectivity index is 1.89. The number of anilines is 2. The fraction of sp³-hybridized carbons (Fsp3) is 0.417. The van der Waals surface area contributed by atoms with Crippen molar-refractivity contribution >= 4 is 33.3 Å². The van der Waals surface area contributed by atoms with E-state index < -0.39 is 5.60 Å². The zero-order valence-corrected chi connectivity index (χ0v) is 18.6. The van der Waals surface area contributed by atoms with Crippen molar-refractivity contribution in [1.82, 2.24) is 4.98 Å². The quantitative estimate of drug-likeness (QED) is 0.645. The third-order valence-electron chi connectivity index (χ3n) is 5.73.